The molecule has 0 fully saturated rings. The zero-order valence-electron chi connectivity index (χ0n) is 6.61. The van der Waals surface area contributed by atoms with E-state index in [1.165, 1.54) is 12.1 Å². The lowest BCUT2D eigenvalue weighted by Gasteiger charge is -2.14. The van der Waals surface area contributed by atoms with Gasteiger partial charge in [0.2, 0.25) is 0 Å². The van der Waals surface area contributed by atoms with Crippen molar-refractivity contribution in [1.29, 1.82) is 0 Å². The van der Waals surface area contributed by atoms with E-state index >= 15 is 0 Å². The number of rotatable bonds is 0. The Balaban J connectivity index is 2.49. The average molecular weight is 167 g/mol. The molecule has 1 radical (unpaired) electrons. The Morgan fingerprint density at radius 1 is 1.00 bits per heavy atom. The summed E-state index contributed by atoms with van der Waals surface area (Å²) in [7, 11) is 0. The topological polar surface area (TPSA) is 0 Å². The smallest absolute Gasteiger partial charge is 0.159 e. The Morgan fingerprint density at radius 3 is 2.42 bits per heavy atom. The number of hydrogen-bond donors (Lipinski definition) is 0. The molecule has 1 aliphatic rings. The molecular weight excluding hydrogens is 158 g/mol. The van der Waals surface area contributed by atoms with Crippen molar-refractivity contribution in [3.05, 3.63) is 41.3 Å². The molecule has 1 aromatic rings. The van der Waals surface area contributed by atoms with Gasteiger partial charge >= 0.3 is 0 Å². The van der Waals surface area contributed by atoms with Crippen LogP contribution in [-0.2, 0) is 12.8 Å². The number of halogens is 2. The summed E-state index contributed by atoms with van der Waals surface area (Å²) < 4.78 is 25.4. The molecule has 63 valence electrons. The van der Waals surface area contributed by atoms with Crippen LogP contribution in [0.1, 0.15) is 17.5 Å². The Labute approximate surface area is 70.2 Å². The molecule has 0 atom stereocenters. The second-order valence-corrected chi connectivity index (χ2v) is 3.07. The SMILES string of the molecule is Fc1cc2c(cc1F)CC[CH]C2. The molecule has 0 aromatic heterocycles. The maximum absolute atomic E-state index is 12.7. The van der Waals surface area contributed by atoms with Crippen LogP contribution in [0.3, 0.4) is 0 Å². The second-order valence-electron chi connectivity index (χ2n) is 3.07. The Hall–Kier alpha value is -0.920. The van der Waals surface area contributed by atoms with Gasteiger partial charge in [-0.05, 0) is 48.9 Å². The van der Waals surface area contributed by atoms with Gasteiger partial charge in [-0.2, -0.15) is 0 Å². The van der Waals surface area contributed by atoms with E-state index in [4.69, 9.17) is 0 Å². The van der Waals surface area contributed by atoms with E-state index < -0.39 is 11.6 Å². The molecule has 0 nitrogen and oxygen atoms in total. The summed E-state index contributed by atoms with van der Waals surface area (Å²) in [4.78, 5) is 0. The van der Waals surface area contributed by atoms with Crippen LogP contribution in [0, 0.1) is 18.1 Å². The van der Waals surface area contributed by atoms with E-state index in [2.05, 4.69) is 6.42 Å². The van der Waals surface area contributed by atoms with Crippen molar-refractivity contribution < 1.29 is 8.78 Å². The zero-order valence-corrected chi connectivity index (χ0v) is 6.61. The molecule has 2 rings (SSSR count). The number of hydrogen-bond acceptors (Lipinski definition) is 0. The monoisotopic (exact) mass is 167 g/mol. The summed E-state index contributed by atoms with van der Waals surface area (Å²) in [6.07, 6.45) is 4.68. The molecule has 0 saturated carbocycles. The number of aryl methyl sites for hydroxylation is 1. The highest BCUT2D eigenvalue weighted by molar-refractivity contribution is 5.32. The van der Waals surface area contributed by atoms with E-state index in [9.17, 15) is 8.78 Å². The Morgan fingerprint density at radius 2 is 1.67 bits per heavy atom. The maximum atomic E-state index is 12.7. The average Bonchev–Trinajstić information content (AvgIpc) is 2.07. The van der Waals surface area contributed by atoms with Crippen molar-refractivity contribution in [3.8, 4) is 0 Å². The fourth-order valence-corrected chi connectivity index (χ4v) is 1.57. The van der Waals surface area contributed by atoms with Crippen molar-refractivity contribution in [2.75, 3.05) is 0 Å². The standard InChI is InChI=1S/C10H9F2/c11-9-5-7-3-1-2-4-8(7)6-10(9)12/h1,5-6H,2-4H2. The molecule has 2 heteroatoms. The van der Waals surface area contributed by atoms with Crippen LogP contribution in [0.15, 0.2) is 12.1 Å². The van der Waals surface area contributed by atoms with E-state index in [1.807, 2.05) is 0 Å². The summed E-state index contributed by atoms with van der Waals surface area (Å²) in [5.74, 6) is -1.46. The fourth-order valence-electron chi connectivity index (χ4n) is 1.57. The van der Waals surface area contributed by atoms with Gasteiger partial charge in [-0.15, -0.1) is 0 Å². The quantitative estimate of drug-likeness (QED) is 0.557. The van der Waals surface area contributed by atoms with E-state index in [0.29, 0.717) is 0 Å². The highest BCUT2D eigenvalue weighted by Gasteiger charge is 2.12. The van der Waals surface area contributed by atoms with Crippen LogP contribution in [0.2, 0.25) is 0 Å². The Kier molecular flexibility index (Phi) is 1.83. The third-order valence-corrected chi connectivity index (χ3v) is 2.22. The van der Waals surface area contributed by atoms with Gasteiger partial charge in [0.15, 0.2) is 11.6 Å². The highest BCUT2D eigenvalue weighted by Crippen LogP contribution is 2.22. The summed E-state index contributed by atoms with van der Waals surface area (Å²) in [6, 6.07) is 2.62. The van der Waals surface area contributed by atoms with Gasteiger partial charge in [-0.3, -0.25) is 0 Å². The first-order valence-electron chi connectivity index (χ1n) is 4.06. The van der Waals surface area contributed by atoms with Gasteiger partial charge in [0.05, 0.1) is 0 Å². The van der Waals surface area contributed by atoms with Crippen molar-refractivity contribution in [2.24, 2.45) is 0 Å². The minimum Gasteiger partial charge on any atom is -0.204 e. The molecule has 0 unspecified atom stereocenters. The van der Waals surface area contributed by atoms with Gasteiger partial charge in [0, 0.05) is 0 Å². The minimum atomic E-state index is -0.732. The molecule has 0 bridgehead atoms. The molecule has 0 heterocycles. The molecule has 1 aromatic carbocycles. The van der Waals surface area contributed by atoms with Crippen LogP contribution in [0.5, 0.6) is 0 Å². The molecule has 0 N–H and O–H groups in total. The lowest BCUT2D eigenvalue weighted by molar-refractivity contribution is 0.504. The third kappa shape index (κ3) is 1.22. The molecule has 0 saturated heterocycles. The van der Waals surface area contributed by atoms with Crippen LogP contribution in [0.4, 0.5) is 8.78 Å². The van der Waals surface area contributed by atoms with E-state index in [-0.39, 0.29) is 0 Å². The fraction of sp³-hybridized carbons (Fsp3) is 0.300. The first-order valence-corrected chi connectivity index (χ1v) is 4.06. The molecule has 0 amide bonds. The lowest BCUT2D eigenvalue weighted by Crippen LogP contribution is -2.04. The summed E-state index contributed by atoms with van der Waals surface area (Å²) in [5, 5.41) is 0. The van der Waals surface area contributed by atoms with E-state index in [1.54, 1.807) is 0 Å². The van der Waals surface area contributed by atoms with Gasteiger partial charge in [0.1, 0.15) is 0 Å². The van der Waals surface area contributed by atoms with E-state index in [0.717, 1.165) is 30.4 Å². The highest BCUT2D eigenvalue weighted by atomic mass is 19.2. The van der Waals surface area contributed by atoms with Crippen molar-refractivity contribution in [2.45, 2.75) is 19.3 Å². The van der Waals surface area contributed by atoms with Gasteiger partial charge in [-0.1, -0.05) is 0 Å². The second kappa shape index (κ2) is 2.85. The largest absolute Gasteiger partial charge is 0.204 e. The first kappa shape index (κ1) is 7.71. The minimum absolute atomic E-state index is 0.726. The van der Waals surface area contributed by atoms with Crippen molar-refractivity contribution >= 4 is 0 Å². The van der Waals surface area contributed by atoms with Crippen LogP contribution in [-0.4, -0.2) is 0 Å². The summed E-state index contributed by atoms with van der Waals surface area (Å²) >= 11 is 0. The maximum Gasteiger partial charge on any atom is 0.159 e. The van der Waals surface area contributed by atoms with Crippen LogP contribution in [0.25, 0.3) is 0 Å². The van der Waals surface area contributed by atoms with Gasteiger partial charge in [-0.25, -0.2) is 8.78 Å². The predicted molar refractivity (Wildman–Crippen MR) is 42.7 cm³/mol. The zero-order chi connectivity index (χ0) is 8.55. The number of benzene rings is 1. The Bertz CT molecular complexity index is 274. The normalized spacial score (nSPS) is 15.8. The molecular formula is C10H9F2. The third-order valence-electron chi connectivity index (χ3n) is 2.22. The first-order chi connectivity index (χ1) is 5.77. The molecule has 1 aliphatic carbocycles. The van der Waals surface area contributed by atoms with Gasteiger partial charge in [0.25, 0.3) is 0 Å². The predicted octanol–water partition coefficient (Wildman–Crippen LogP) is 2.66. The van der Waals surface area contributed by atoms with Crippen LogP contribution < -0.4 is 0 Å². The lowest BCUT2D eigenvalue weighted by atomic mass is 9.92. The summed E-state index contributed by atoms with van der Waals surface area (Å²) in [5.41, 5.74) is 1.89. The van der Waals surface area contributed by atoms with Gasteiger partial charge < -0.3 is 0 Å². The van der Waals surface area contributed by atoms with Crippen molar-refractivity contribution in [1.82, 2.24) is 0 Å². The van der Waals surface area contributed by atoms with Crippen LogP contribution >= 0.6 is 0 Å². The summed E-state index contributed by atoms with van der Waals surface area (Å²) in [6.45, 7) is 0. The molecule has 0 aliphatic heterocycles. The molecule has 0 spiro atoms. The number of fused-ring (bicyclic) bond motifs is 1. The molecule has 12 heavy (non-hydrogen) atoms. The van der Waals surface area contributed by atoms with Crippen molar-refractivity contribution in [3.63, 3.8) is 0 Å².